The zero-order valence-corrected chi connectivity index (χ0v) is 17.4. The van der Waals surface area contributed by atoms with Gasteiger partial charge in [-0.15, -0.1) is 0 Å². The Hall–Kier alpha value is -3.98. The second-order valence-corrected chi connectivity index (χ2v) is 7.25. The van der Waals surface area contributed by atoms with Crippen molar-refractivity contribution in [2.24, 2.45) is 5.10 Å². The zero-order chi connectivity index (χ0) is 21.8. The molecule has 0 spiro atoms. The Bertz CT molecular complexity index is 1120. The fraction of sp³-hybridized carbons (Fsp3) is 0.200. The molecular weight excluding hydrogens is 390 g/mol. The number of ether oxygens (including phenoxy) is 2. The molecular formula is C25H23N3O3. The predicted molar refractivity (Wildman–Crippen MR) is 118 cm³/mol. The predicted octanol–water partition coefficient (Wildman–Crippen LogP) is 4.83. The molecule has 1 aliphatic rings. The normalized spacial score (nSPS) is 16.4. The number of methoxy groups -OCH3 is 2. The van der Waals surface area contributed by atoms with Crippen molar-refractivity contribution < 1.29 is 14.6 Å². The van der Waals surface area contributed by atoms with Crippen LogP contribution in [0.15, 0.2) is 77.9 Å². The highest BCUT2D eigenvalue weighted by molar-refractivity contribution is 6.02. The monoisotopic (exact) mass is 413 g/mol. The fourth-order valence-corrected chi connectivity index (χ4v) is 3.82. The van der Waals surface area contributed by atoms with Crippen LogP contribution < -0.4 is 9.47 Å². The molecule has 0 radical (unpaired) electrons. The fourth-order valence-electron chi connectivity index (χ4n) is 3.82. The number of phenolic OH excluding ortho intramolecular Hbond substituents is 1. The van der Waals surface area contributed by atoms with Crippen molar-refractivity contribution in [2.45, 2.75) is 18.5 Å². The number of hydrogen-bond donors (Lipinski definition) is 1. The molecule has 0 bridgehead atoms. The Labute approximate surface area is 181 Å². The number of hydrazone groups is 1. The summed E-state index contributed by atoms with van der Waals surface area (Å²) in [5.74, 6) is 1.14. The third-order valence-electron chi connectivity index (χ3n) is 5.46. The van der Waals surface area contributed by atoms with Gasteiger partial charge in [-0.3, -0.25) is 5.01 Å². The van der Waals surface area contributed by atoms with Crippen LogP contribution in [0.4, 0.5) is 0 Å². The highest BCUT2D eigenvalue weighted by Gasteiger charge is 2.34. The summed E-state index contributed by atoms with van der Waals surface area (Å²) in [5.41, 5.74) is 3.69. The van der Waals surface area contributed by atoms with E-state index in [1.807, 2.05) is 47.5 Å². The van der Waals surface area contributed by atoms with E-state index >= 15 is 0 Å². The molecule has 156 valence electrons. The van der Waals surface area contributed by atoms with Crippen LogP contribution in [0.2, 0.25) is 0 Å². The minimum atomic E-state index is -0.643. The summed E-state index contributed by atoms with van der Waals surface area (Å²) in [6, 6.07) is 24.4. The van der Waals surface area contributed by atoms with Crippen LogP contribution in [0.1, 0.15) is 35.2 Å². The number of benzene rings is 3. The largest absolute Gasteiger partial charge is 0.504 e. The van der Waals surface area contributed by atoms with E-state index in [1.165, 1.54) is 7.11 Å². The molecule has 0 aliphatic carbocycles. The number of phenols is 1. The van der Waals surface area contributed by atoms with E-state index in [-0.39, 0.29) is 11.8 Å². The topological polar surface area (TPSA) is 78.1 Å². The van der Waals surface area contributed by atoms with E-state index in [0.29, 0.717) is 17.7 Å². The van der Waals surface area contributed by atoms with Gasteiger partial charge < -0.3 is 14.6 Å². The number of nitrogens with zero attached hydrogens (tertiary/aromatic N) is 3. The van der Waals surface area contributed by atoms with Gasteiger partial charge in [-0.25, -0.2) is 0 Å². The quantitative estimate of drug-likeness (QED) is 0.627. The molecule has 4 rings (SSSR count). The Morgan fingerprint density at radius 3 is 2.42 bits per heavy atom. The van der Waals surface area contributed by atoms with Gasteiger partial charge in [-0.1, -0.05) is 36.4 Å². The summed E-state index contributed by atoms with van der Waals surface area (Å²) in [6.07, 6.45) is 0.670. The van der Waals surface area contributed by atoms with Gasteiger partial charge in [-0.2, -0.15) is 10.4 Å². The summed E-state index contributed by atoms with van der Waals surface area (Å²) in [6.45, 7) is 0. The zero-order valence-electron chi connectivity index (χ0n) is 17.4. The molecule has 1 N–H and O–H groups in total. The SMILES string of the molecule is COc1ccc(C2=NN([C@@H](C#N)c3ccc(O)c(OC)c3)[C@@H](c3ccccc3)C2)cc1. The van der Waals surface area contributed by atoms with Crippen LogP contribution in [0.5, 0.6) is 17.2 Å². The van der Waals surface area contributed by atoms with Gasteiger partial charge in [0.2, 0.25) is 0 Å². The van der Waals surface area contributed by atoms with Crippen molar-refractivity contribution >= 4 is 5.71 Å². The average molecular weight is 413 g/mol. The molecule has 1 heterocycles. The first-order valence-corrected chi connectivity index (χ1v) is 9.96. The van der Waals surface area contributed by atoms with Crippen LogP contribution in [-0.4, -0.2) is 30.0 Å². The minimum absolute atomic E-state index is 0.0337. The Morgan fingerprint density at radius 1 is 1.03 bits per heavy atom. The number of hydrogen-bond acceptors (Lipinski definition) is 6. The summed E-state index contributed by atoms with van der Waals surface area (Å²) < 4.78 is 10.5. The molecule has 6 heteroatoms. The lowest BCUT2D eigenvalue weighted by Crippen LogP contribution is -2.24. The Balaban J connectivity index is 1.75. The number of aromatic hydroxyl groups is 1. The summed E-state index contributed by atoms with van der Waals surface area (Å²) >= 11 is 0. The van der Waals surface area contributed by atoms with Crippen LogP contribution >= 0.6 is 0 Å². The molecule has 31 heavy (non-hydrogen) atoms. The first kappa shape index (κ1) is 20.3. The molecule has 3 aromatic rings. The van der Waals surface area contributed by atoms with E-state index in [2.05, 4.69) is 18.2 Å². The molecule has 2 atom stereocenters. The van der Waals surface area contributed by atoms with Gasteiger partial charge in [0, 0.05) is 6.42 Å². The molecule has 0 unspecified atom stereocenters. The van der Waals surface area contributed by atoms with E-state index < -0.39 is 6.04 Å². The highest BCUT2D eigenvalue weighted by atomic mass is 16.5. The van der Waals surface area contributed by atoms with Crippen LogP contribution in [0.3, 0.4) is 0 Å². The molecule has 0 saturated heterocycles. The molecule has 3 aromatic carbocycles. The third kappa shape index (κ3) is 4.03. The van der Waals surface area contributed by atoms with Crippen LogP contribution in [0, 0.1) is 11.3 Å². The maximum absolute atomic E-state index is 10.1. The lowest BCUT2D eigenvalue weighted by molar-refractivity contribution is 0.196. The van der Waals surface area contributed by atoms with Gasteiger partial charge in [-0.05, 0) is 53.1 Å². The smallest absolute Gasteiger partial charge is 0.160 e. The first-order valence-electron chi connectivity index (χ1n) is 9.96. The van der Waals surface area contributed by atoms with Crippen molar-refractivity contribution in [3.63, 3.8) is 0 Å². The van der Waals surface area contributed by atoms with Gasteiger partial charge in [0.05, 0.1) is 32.0 Å². The van der Waals surface area contributed by atoms with Crippen LogP contribution in [-0.2, 0) is 0 Å². The summed E-state index contributed by atoms with van der Waals surface area (Å²) in [5, 5.41) is 26.8. The van der Waals surface area contributed by atoms with Crippen molar-refractivity contribution in [3.8, 4) is 23.3 Å². The van der Waals surface area contributed by atoms with E-state index in [0.717, 1.165) is 22.6 Å². The molecule has 6 nitrogen and oxygen atoms in total. The summed E-state index contributed by atoms with van der Waals surface area (Å²) in [4.78, 5) is 0. The molecule has 1 aliphatic heterocycles. The molecule has 0 amide bonds. The standard InChI is InChI=1S/C25H23N3O3/c1-30-20-11-8-17(9-12-20)21-15-22(18-6-4-3-5-7-18)28(27-21)23(16-26)19-10-13-24(29)25(14-19)31-2/h3-14,22-23,29H,15H2,1-2H3/t22-,23+/m1/s1. The van der Waals surface area contributed by atoms with Gasteiger partial charge >= 0.3 is 0 Å². The lowest BCUT2D eigenvalue weighted by Gasteiger charge is -2.28. The maximum atomic E-state index is 10.1. The van der Waals surface area contributed by atoms with Crippen LogP contribution in [0.25, 0.3) is 0 Å². The van der Waals surface area contributed by atoms with Crippen molar-refractivity contribution in [1.82, 2.24) is 5.01 Å². The van der Waals surface area contributed by atoms with E-state index in [4.69, 9.17) is 14.6 Å². The molecule has 0 aromatic heterocycles. The van der Waals surface area contributed by atoms with Crippen molar-refractivity contribution in [1.29, 1.82) is 5.26 Å². The maximum Gasteiger partial charge on any atom is 0.160 e. The van der Waals surface area contributed by atoms with Crippen molar-refractivity contribution in [2.75, 3.05) is 14.2 Å². The number of rotatable bonds is 6. The second kappa shape index (κ2) is 8.80. The minimum Gasteiger partial charge on any atom is -0.504 e. The Morgan fingerprint density at radius 2 is 1.77 bits per heavy atom. The first-order chi connectivity index (χ1) is 15.1. The lowest BCUT2D eigenvalue weighted by atomic mass is 9.96. The summed E-state index contributed by atoms with van der Waals surface area (Å²) in [7, 11) is 3.13. The molecule has 0 saturated carbocycles. The number of nitriles is 1. The van der Waals surface area contributed by atoms with Gasteiger partial charge in [0.25, 0.3) is 0 Å². The third-order valence-corrected chi connectivity index (χ3v) is 5.46. The average Bonchev–Trinajstić information content (AvgIpc) is 3.26. The van der Waals surface area contributed by atoms with Crippen molar-refractivity contribution in [3.05, 3.63) is 89.5 Å². The van der Waals surface area contributed by atoms with E-state index in [9.17, 15) is 10.4 Å². The van der Waals surface area contributed by atoms with E-state index in [1.54, 1.807) is 25.3 Å². The van der Waals surface area contributed by atoms with Gasteiger partial charge in [0.15, 0.2) is 17.5 Å². The highest BCUT2D eigenvalue weighted by Crippen LogP contribution is 2.40. The Kier molecular flexibility index (Phi) is 5.76. The molecule has 0 fully saturated rings. The second-order valence-electron chi connectivity index (χ2n) is 7.25. The van der Waals surface area contributed by atoms with Gasteiger partial charge in [0.1, 0.15) is 5.75 Å².